The van der Waals surface area contributed by atoms with Crippen LogP contribution in [0.15, 0.2) is 54.6 Å². The number of rotatable bonds is 6. The van der Waals surface area contributed by atoms with Crippen molar-refractivity contribution in [1.82, 2.24) is 35.2 Å². The maximum absolute atomic E-state index is 12.4. The first-order valence-corrected chi connectivity index (χ1v) is 8.97. The number of primary amides is 1. The van der Waals surface area contributed by atoms with Crippen LogP contribution in [0, 0.1) is 6.92 Å². The maximum Gasteiger partial charge on any atom is 0.273 e. The van der Waals surface area contributed by atoms with E-state index in [9.17, 15) is 9.59 Å². The zero-order valence-corrected chi connectivity index (χ0v) is 15.9. The van der Waals surface area contributed by atoms with E-state index in [1.807, 2.05) is 37.3 Å². The average molecular weight is 403 g/mol. The minimum absolute atomic E-state index is 0.0457. The molecule has 0 radical (unpaired) electrons. The Bertz CT molecular complexity index is 1210. The summed E-state index contributed by atoms with van der Waals surface area (Å²) in [6.07, 6.45) is 0. The molecular weight excluding hydrogens is 386 g/mol. The number of nitrogens with two attached hydrogens (primary N) is 1. The summed E-state index contributed by atoms with van der Waals surface area (Å²) < 4.78 is 0. The molecule has 0 spiro atoms. The first kappa shape index (κ1) is 18.9. The highest BCUT2D eigenvalue weighted by Gasteiger charge is 2.20. The molecule has 4 aromatic rings. The van der Waals surface area contributed by atoms with Gasteiger partial charge in [-0.15, -0.1) is 25.2 Å². The average Bonchev–Trinajstić information content (AvgIpc) is 3.36. The van der Waals surface area contributed by atoms with Crippen molar-refractivity contribution < 1.29 is 9.59 Å². The van der Waals surface area contributed by atoms with Crippen LogP contribution in [0.5, 0.6) is 0 Å². The number of anilines is 1. The van der Waals surface area contributed by atoms with Gasteiger partial charge >= 0.3 is 0 Å². The molecule has 0 unspecified atom stereocenters. The summed E-state index contributed by atoms with van der Waals surface area (Å²) in [5, 5.41) is 22.9. The third kappa shape index (κ3) is 3.90. The minimum Gasteiger partial charge on any atom is -0.364 e. The quantitative estimate of drug-likeness (QED) is 0.487. The number of carbonyl (C=O) groups excluding carboxylic acids is 2. The van der Waals surface area contributed by atoms with E-state index in [2.05, 4.69) is 30.9 Å². The number of aryl methyl sites for hydroxylation is 1. The van der Waals surface area contributed by atoms with Gasteiger partial charge in [0.05, 0.1) is 5.69 Å². The molecule has 150 valence electrons. The van der Waals surface area contributed by atoms with Crippen molar-refractivity contribution in [3.63, 3.8) is 0 Å². The van der Waals surface area contributed by atoms with Gasteiger partial charge in [0.1, 0.15) is 6.54 Å². The van der Waals surface area contributed by atoms with Gasteiger partial charge in [-0.3, -0.25) is 9.59 Å². The Labute approximate surface area is 170 Å². The van der Waals surface area contributed by atoms with Gasteiger partial charge in [0, 0.05) is 5.56 Å². The van der Waals surface area contributed by atoms with E-state index in [4.69, 9.17) is 5.73 Å². The molecule has 11 nitrogen and oxygen atoms in total. The summed E-state index contributed by atoms with van der Waals surface area (Å²) >= 11 is 0. The number of para-hydroxylation sites is 1. The van der Waals surface area contributed by atoms with Crippen molar-refractivity contribution in [3.8, 4) is 17.1 Å². The standard InChI is InChI=1S/C19H17N9O2/c1-12-7-5-6-10-14(12)18-22-26-27(24-18)11-15(29)21-19-16(17(20)30)23-28(25-19)13-8-3-2-4-9-13/h2-10H,11H2,1H3,(H2,20,30)(H,21,25,29). The van der Waals surface area contributed by atoms with Crippen molar-refractivity contribution in [1.29, 1.82) is 0 Å². The maximum atomic E-state index is 12.4. The molecule has 2 aromatic carbocycles. The van der Waals surface area contributed by atoms with Gasteiger partial charge in [-0.25, -0.2) is 0 Å². The Balaban J connectivity index is 1.51. The fraction of sp³-hybridized carbons (Fsp3) is 0.105. The molecule has 2 amide bonds. The fourth-order valence-electron chi connectivity index (χ4n) is 2.78. The van der Waals surface area contributed by atoms with Gasteiger partial charge in [-0.2, -0.15) is 4.80 Å². The van der Waals surface area contributed by atoms with E-state index in [0.29, 0.717) is 11.5 Å². The third-order valence-electron chi connectivity index (χ3n) is 4.22. The van der Waals surface area contributed by atoms with Crippen LogP contribution in [0.4, 0.5) is 5.82 Å². The molecule has 2 aromatic heterocycles. The molecule has 0 aliphatic carbocycles. The summed E-state index contributed by atoms with van der Waals surface area (Å²) in [4.78, 5) is 26.5. The van der Waals surface area contributed by atoms with Gasteiger partial charge < -0.3 is 11.1 Å². The Morgan fingerprint density at radius 1 is 1.00 bits per heavy atom. The number of tetrazole rings is 1. The Hall–Kier alpha value is -4.41. The van der Waals surface area contributed by atoms with E-state index < -0.39 is 11.8 Å². The zero-order chi connectivity index (χ0) is 21.1. The molecule has 4 rings (SSSR count). The van der Waals surface area contributed by atoms with E-state index in [1.165, 1.54) is 4.80 Å². The first-order chi connectivity index (χ1) is 14.5. The lowest BCUT2D eigenvalue weighted by Gasteiger charge is -2.02. The normalized spacial score (nSPS) is 10.7. The second-order valence-corrected chi connectivity index (χ2v) is 6.39. The van der Waals surface area contributed by atoms with Crippen LogP contribution in [-0.4, -0.2) is 47.0 Å². The number of nitrogens with zero attached hydrogens (tertiary/aromatic N) is 7. The molecule has 0 bridgehead atoms. The van der Waals surface area contributed by atoms with Crippen LogP contribution in [0.25, 0.3) is 17.1 Å². The zero-order valence-electron chi connectivity index (χ0n) is 15.9. The molecule has 3 N–H and O–H groups in total. The predicted molar refractivity (Wildman–Crippen MR) is 106 cm³/mol. The number of aromatic nitrogens is 7. The van der Waals surface area contributed by atoms with E-state index >= 15 is 0 Å². The van der Waals surface area contributed by atoms with Crippen LogP contribution < -0.4 is 11.1 Å². The molecule has 0 atom stereocenters. The van der Waals surface area contributed by atoms with Crippen LogP contribution in [-0.2, 0) is 11.3 Å². The molecule has 0 fully saturated rings. The Morgan fingerprint density at radius 3 is 2.47 bits per heavy atom. The largest absolute Gasteiger partial charge is 0.364 e. The van der Waals surface area contributed by atoms with Crippen LogP contribution in [0.3, 0.4) is 0 Å². The van der Waals surface area contributed by atoms with Crippen molar-refractivity contribution in [2.45, 2.75) is 13.5 Å². The van der Waals surface area contributed by atoms with E-state index in [-0.39, 0.29) is 18.1 Å². The van der Waals surface area contributed by atoms with Crippen molar-refractivity contribution in [2.24, 2.45) is 5.73 Å². The van der Waals surface area contributed by atoms with Crippen molar-refractivity contribution in [2.75, 3.05) is 5.32 Å². The van der Waals surface area contributed by atoms with Crippen LogP contribution >= 0.6 is 0 Å². The lowest BCUT2D eigenvalue weighted by molar-refractivity contribution is -0.117. The van der Waals surface area contributed by atoms with Gasteiger partial charge in [0.2, 0.25) is 11.7 Å². The predicted octanol–water partition coefficient (Wildman–Crippen LogP) is 0.967. The van der Waals surface area contributed by atoms with Gasteiger partial charge in [-0.1, -0.05) is 42.5 Å². The summed E-state index contributed by atoms with van der Waals surface area (Å²) in [5.41, 5.74) is 7.64. The van der Waals surface area contributed by atoms with Crippen molar-refractivity contribution in [3.05, 3.63) is 65.9 Å². The smallest absolute Gasteiger partial charge is 0.273 e. The van der Waals surface area contributed by atoms with E-state index in [0.717, 1.165) is 15.9 Å². The highest BCUT2D eigenvalue weighted by atomic mass is 16.2. The topological polar surface area (TPSA) is 146 Å². The number of hydrogen-bond acceptors (Lipinski definition) is 7. The molecule has 0 saturated heterocycles. The molecule has 0 aliphatic rings. The summed E-state index contributed by atoms with van der Waals surface area (Å²) in [6, 6.07) is 16.5. The number of amides is 2. The molecule has 0 saturated carbocycles. The minimum atomic E-state index is -0.812. The lowest BCUT2D eigenvalue weighted by Crippen LogP contribution is -2.23. The molecule has 30 heavy (non-hydrogen) atoms. The van der Waals surface area contributed by atoms with Gasteiger partial charge in [-0.05, 0) is 29.8 Å². The molecule has 0 aliphatic heterocycles. The van der Waals surface area contributed by atoms with Crippen LogP contribution in [0.2, 0.25) is 0 Å². The summed E-state index contributed by atoms with van der Waals surface area (Å²) in [6.45, 7) is 1.71. The van der Waals surface area contributed by atoms with E-state index in [1.54, 1.807) is 24.3 Å². The fourth-order valence-corrected chi connectivity index (χ4v) is 2.78. The number of carbonyl (C=O) groups is 2. The lowest BCUT2D eigenvalue weighted by atomic mass is 10.1. The second kappa shape index (κ2) is 7.91. The number of benzene rings is 2. The molecule has 11 heteroatoms. The van der Waals surface area contributed by atoms with Gasteiger partial charge in [0.15, 0.2) is 11.5 Å². The first-order valence-electron chi connectivity index (χ1n) is 8.97. The third-order valence-corrected chi connectivity index (χ3v) is 4.22. The summed E-state index contributed by atoms with van der Waals surface area (Å²) in [7, 11) is 0. The highest BCUT2D eigenvalue weighted by molar-refractivity contribution is 6.00. The highest BCUT2D eigenvalue weighted by Crippen LogP contribution is 2.18. The molecular formula is C19H17N9O2. The van der Waals surface area contributed by atoms with Crippen LogP contribution in [0.1, 0.15) is 16.1 Å². The summed E-state index contributed by atoms with van der Waals surface area (Å²) in [5.74, 6) is -0.955. The monoisotopic (exact) mass is 403 g/mol. The molecule has 2 heterocycles. The number of nitrogens with one attached hydrogen (secondary N) is 1. The Kier molecular flexibility index (Phi) is 4.99. The van der Waals surface area contributed by atoms with Gasteiger partial charge in [0.25, 0.3) is 5.91 Å². The second-order valence-electron chi connectivity index (χ2n) is 6.39. The SMILES string of the molecule is Cc1ccccc1-c1nnn(CC(=O)Nc2nn(-c3ccccc3)nc2C(N)=O)n1. The number of hydrogen-bond donors (Lipinski definition) is 2. The Morgan fingerprint density at radius 2 is 1.73 bits per heavy atom. The van der Waals surface area contributed by atoms with Crippen molar-refractivity contribution >= 4 is 17.6 Å².